The largest absolute Gasteiger partial charge is 0.334 e. The monoisotopic (exact) mass is 311 g/mol. The van der Waals surface area contributed by atoms with Gasteiger partial charge in [0.2, 0.25) is 0 Å². The van der Waals surface area contributed by atoms with Gasteiger partial charge in [0, 0.05) is 23.3 Å². The van der Waals surface area contributed by atoms with Gasteiger partial charge in [-0.1, -0.05) is 0 Å². The number of nitrogens with two attached hydrogens (primary N) is 1. The van der Waals surface area contributed by atoms with Crippen molar-refractivity contribution in [3.05, 3.63) is 28.5 Å². The normalized spacial score (nSPS) is 24.1. The Balaban J connectivity index is 2.13. The Morgan fingerprint density at radius 1 is 1.56 bits per heavy atom. The number of rotatable bonds is 2. The average molecular weight is 312 g/mol. The lowest BCUT2D eigenvalue weighted by atomic mass is 9.93. The second-order valence-corrected chi connectivity index (χ2v) is 5.76. The minimum absolute atomic E-state index is 0.00755. The minimum Gasteiger partial charge on any atom is -0.334 e. The predicted molar refractivity (Wildman–Crippen MR) is 74.2 cm³/mol. The second kappa shape index (κ2) is 5.80. The van der Waals surface area contributed by atoms with E-state index in [0.717, 1.165) is 23.9 Å². The van der Waals surface area contributed by atoms with Crippen LogP contribution in [0, 0.1) is 5.92 Å². The standard InChI is InChI=1S/C13H18BrN3O/c1-9-2-3-10(6-15)8-17(9)13(18)12-5-4-11(14)7-16-12/h4-5,7,9-10H,2-3,6,8,15H2,1H3. The molecule has 1 saturated heterocycles. The molecule has 1 aliphatic heterocycles. The zero-order valence-corrected chi connectivity index (χ0v) is 12.1. The first-order valence-electron chi connectivity index (χ1n) is 6.24. The van der Waals surface area contributed by atoms with Crippen LogP contribution in [0.15, 0.2) is 22.8 Å². The first-order chi connectivity index (χ1) is 8.61. The molecule has 0 radical (unpaired) electrons. The molecule has 0 spiro atoms. The van der Waals surface area contributed by atoms with Gasteiger partial charge in [0.1, 0.15) is 5.69 Å². The highest BCUT2D eigenvalue weighted by Crippen LogP contribution is 2.22. The molecule has 0 aromatic carbocycles. The van der Waals surface area contributed by atoms with Gasteiger partial charge in [-0.25, -0.2) is 4.98 Å². The predicted octanol–water partition coefficient (Wildman–Crippen LogP) is 2.04. The number of aromatic nitrogens is 1. The fourth-order valence-electron chi connectivity index (χ4n) is 2.31. The molecule has 2 heterocycles. The Morgan fingerprint density at radius 2 is 2.33 bits per heavy atom. The summed E-state index contributed by atoms with van der Waals surface area (Å²) in [6, 6.07) is 3.87. The third kappa shape index (κ3) is 2.90. The van der Waals surface area contributed by atoms with Gasteiger partial charge in [-0.3, -0.25) is 4.79 Å². The summed E-state index contributed by atoms with van der Waals surface area (Å²) in [7, 11) is 0. The van der Waals surface area contributed by atoms with Crippen LogP contribution in [-0.2, 0) is 0 Å². The van der Waals surface area contributed by atoms with Crippen molar-refractivity contribution in [1.82, 2.24) is 9.88 Å². The summed E-state index contributed by atoms with van der Waals surface area (Å²) in [6.45, 7) is 3.47. The molecule has 1 aromatic heterocycles. The van der Waals surface area contributed by atoms with Crippen LogP contribution in [0.1, 0.15) is 30.3 Å². The zero-order chi connectivity index (χ0) is 13.1. The molecular weight excluding hydrogens is 294 g/mol. The van der Waals surface area contributed by atoms with Crippen LogP contribution in [-0.4, -0.2) is 34.9 Å². The van der Waals surface area contributed by atoms with Crippen LogP contribution >= 0.6 is 15.9 Å². The van der Waals surface area contributed by atoms with E-state index < -0.39 is 0 Å². The van der Waals surface area contributed by atoms with Crippen molar-refractivity contribution < 1.29 is 4.79 Å². The molecule has 1 aliphatic rings. The van der Waals surface area contributed by atoms with Gasteiger partial charge in [0.05, 0.1) is 0 Å². The van der Waals surface area contributed by atoms with E-state index in [2.05, 4.69) is 27.8 Å². The maximum absolute atomic E-state index is 12.4. The van der Waals surface area contributed by atoms with Gasteiger partial charge < -0.3 is 10.6 Å². The van der Waals surface area contributed by atoms with E-state index in [0.29, 0.717) is 18.2 Å². The van der Waals surface area contributed by atoms with E-state index in [1.807, 2.05) is 11.0 Å². The number of pyridine rings is 1. The lowest BCUT2D eigenvalue weighted by Crippen LogP contribution is -2.47. The van der Waals surface area contributed by atoms with Crippen molar-refractivity contribution >= 4 is 21.8 Å². The van der Waals surface area contributed by atoms with Crippen LogP contribution < -0.4 is 5.73 Å². The first-order valence-corrected chi connectivity index (χ1v) is 7.03. The summed E-state index contributed by atoms with van der Waals surface area (Å²) >= 11 is 3.32. The summed E-state index contributed by atoms with van der Waals surface area (Å²) in [5.74, 6) is 0.425. The number of piperidine rings is 1. The van der Waals surface area contributed by atoms with Gasteiger partial charge in [-0.15, -0.1) is 0 Å². The maximum Gasteiger partial charge on any atom is 0.272 e. The Hall–Kier alpha value is -0.940. The topological polar surface area (TPSA) is 59.2 Å². The van der Waals surface area contributed by atoms with Crippen molar-refractivity contribution in [2.75, 3.05) is 13.1 Å². The number of amides is 1. The average Bonchev–Trinajstić information content (AvgIpc) is 2.39. The van der Waals surface area contributed by atoms with Crippen molar-refractivity contribution in [1.29, 1.82) is 0 Å². The number of likely N-dealkylation sites (tertiary alicyclic amines) is 1. The van der Waals surface area contributed by atoms with Gasteiger partial charge in [0.15, 0.2) is 0 Å². The third-order valence-corrected chi connectivity index (χ3v) is 3.99. The Labute approximate surface area is 116 Å². The van der Waals surface area contributed by atoms with E-state index in [1.54, 1.807) is 12.3 Å². The number of hydrogen-bond acceptors (Lipinski definition) is 3. The molecule has 4 nitrogen and oxygen atoms in total. The summed E-state index contributed by atoms with van der Waals surface area (Å²) in [5.41, 5.74) is 6.21. The van der Waals surface area contributed by atoms with E-state index in [4.69, 9.17) is 5.73 Å². The number of hydrogen-bond donors (Lipinski definition) is 1. The zero-order valence-electron chi connectivity index (χ0n) is 10.5. The summed E-state index contributed by atoms with van der Waals surface area (Å²) in [6.07, 6.45) is 3.78. The lowest BCUT2D eigenvalue weighted by Gasteiger charge is -2.37. The SMILES string of the molecule is CC1CCC(CN)CN1C(=O)c1ccc(Br)cn1. The smallest absolute Gasteiger partial charge is 0.272 e. The van der Waals surface area contributed by atoms with Gasteiger partial charge in [-0.2, -0.15) is 0 Å². The molecule has 0 saturated carbocycles. The minimum atomic E-state index is 0.00755. The molecule has 2 unspecified atom stereocenters. The molecule has 18 heavy (non-hydrogen) atoms. The molecule has 98 valence electrons. The summed E-state index contributed by atoms with van der Waals surface area (Å²) < 4.78 is 0.880. The Kier molecular flexibility index (Phi) is 4.35. The quantitative estimate of drug-likeness (QED) is 0.909. The number of halogens is 1. The van der Waals surface area contributed by atoms with Crippen molar-refractivity contribution in [2.45, 2.75) is 25.8 Å². The molecule has 0 aliphatic carbocycles. The van der Waals surface area contributed by atoms with Gasteiger partial charge in [0.25, 0.3) is 5.91 Å². The van der Waals surface area contributed by atoms with Crippen LogP contribution in [0.2, 0.25) is 0 Å². The van der Waals surface area contributed by atoms with E-state index in [1.165, 1.54) is 0 Å². The highest BCUT2D eigenvalue weighted by Gasteiger charge is 2.29. The Bertz CT molecular complexity index is 421. The molecule has 2 rings (SSSR count). The molecule has 5 heteroatoms. The summed E-state index contributed by atoms with van der Waals surface area (Å²) in [4.78, 5) is 18.5. The summed E-state index contributed by atoms with van der Waals surface area (Å²) in [5, 5.41) is 0. The number of carbonyl (C=O) groups excluding carboxylic acids is 1. The fourth-order valence-corrected chi connectivity index (χ4v) is 2.54. The van der Waals surface area contributed by atoms with Crippen LogP contribution in [0.5, 0.6) is 0 Å². The van der Waals surface area contributed by atoms with Gasteiger partial charge >= 0.3 is 0 Å². The van der Waals surface area contributed by atoms with Crippen molar-refractivity contribution in [3.63, 3.8) is 0 Å². The third-order valence-electron chi connectivity index (χ3n) is 3.52. The molecule has 0 bridgehead atoms. The second-order valence-electron chi connectivity index (χ2n) is 4.85. The van der Waals surface area contributed by atoms with E-state index in [-0.39, 0.29) is 11.9 Å². The van der Waals surface area contributed by atoms with Crippen LogP contribution in [0.3, 0.4) is 0 Å². The van der Waals surface area contributed by atoms with Gasteiger partial charge in [-0.05, 0) is 60.3 Å². The molecular formula is C13H18BrN3O. The lowest BCUT2D eigenvalue weighted by molar-refractivity contribution is 0.0561. The molecule has 1 aromatic rings. The molecule has 2 atom stereocenters. The molecule has 1 amide bonds. The Morgan fingerprint density at radius 3 is 2.94 bits per heavy atom. The van der Waals surface area contributed by atoms with E-state index >= 15 is 0 Å². The fraction of sp³-hybridized carbons (Fsp3) is 0.538. The number of nitrogens with zero attached hydrogens (tertiary/aromatic N) is 2. The first kappa shape index (κ1) is 13.5. The number of carbonyl (C=O) groups is 1. The highest BCUT2D eigenvalue weighted by molar-refractivity contribution is 9.10. The molecule has 1 fully saturated rings. The van der Waals surface area contributed by atoms with Crippen molar-refractivity contribution in [3.8, 4) is 0 Å². The van der Waals surface area contributed by atoms with Crippen LogP contribution in [0.4, 0.5) is 0 Å². The van der Waals surface area contributed by atoms with Crippen LogP contribution in [0.25, 0.3) is 0 Å². The maximum atomic E-state index is 12.4. The van der Waals surface area contributed by atoms with E-state index in [9.17, 15) is 4.79 Å². The molecule has 2 N–H and O–H groups in total. The van der Waals surface area contributed by atoms with Crippen molar-refractivity contribution in [2.24, 2.45) is 11.7 Å². The highest BCUT2D eigenvalue weighted by atomic mass is 79.9.